The third-order valence-electron chi connectivity index (χ3n) is 2.71. The summed E-state index contributed by atoms with van der Waals surface area (Å²) < 4.78 is 37.9. The van der Waals surface area contributed by atoms with Gasteiger partial charge in [-0.05, 0) is 13.0 Å². The average molecular weight is 244 g/mol. The van der Waals surface area contributed by atoms with E-state index < -0.39 is 18.6 Å². The number of halogens is 3. The number of aromatic hydroxyl groups is 1. The standard InChI is InChI=1S/C11H11F3N2O/c1-6-7-3-2-4-8(15)9(7)10(17)16(6)5-11(12,13)14/h2-4,17H,5,15H2,1H3. The van der Waals surface area contributed by atoms with Gasteiger partial charge in [0.1, 0.15) is 6.54 Å². The summed E-state index contributed by atoms with van der Waals surface area (Å²) in [6, 6.07) is 4.81. The molecule has 1 aromatic heterocycles. The number of hydrogen-bond acceptors (Lipinski definition) is 2. The van der Waals surface area contributed by atoms with Crippen molar-refractivity contribution in [1.82, 2.24) is 4.57 Å². The van der Waals surface area contributed by atoms with Crippen molar-refractivity contribution in [1.29, 1.82) is 0 Å². The summed E-state index contributed by atoms with van der Waals surface area (Å²) in [7, 11) is 0. The van der Waals surface area contributed by atoms with Crippen molar-refractivity contribution in [2.45, 2.75) is 19.6 Å². The van der Waals surface area contributed by atoms with E-state index >= 15 is 0 Å². The first-order chi connectivity index (χ1) is 7.81. The predicted molar refractivity (Wildman–Crippen MR) is 58.8 cm³/mol. The van der Waals surface area contributed by atoms with Crippen LogP contribution in [-0.2, 0) is 6.54 Å². The average Bonchev–Trinajstić information content (AvgIpc) is 2.43. The molecule has 1 heterocycles. The molecule has 3 N–H and O–H groups in total. The van der Waals surface area contributed by atoms with Crippen LogP contribution in [0.4, 0.5) is 18.9 Å². The normalized spacial score (nSPS) is 12.2. The van der Waals surface area contributed by atoms with E-state index in [0.717, 1.165) is 4.57 Å². The van der Waals surface area contributed by atoms with E-state index in [-0.39, 0.29) is 11.1 Å². The number of nitrogens with two attached hydrogens (primary N) is 1. The summed E-state index contributed by atoms with van der Waals surface area (Å²) in [4.78, 5) is 0. The Morgan fingerprint density at radius 3 is 2.53 bits per heavy atom. The van der Waals surface area contributed by atoms with Crippen molar-refractivity contribution >= 4 is 16.5 Å². The van der Waals surface area contributed by atoms with Crippen LogP contribution < -0.4 is 5.73 Å². The second-order valence-corrected chi connectivity index (χ2v) is 3.88. The monoisotopic (exact) mass is 244 g/mol. The van der Waals surface area contributed by atoms with Crippen LogP contribution in [0.25, 0.3) is 10.8 Å². The zero-order chi connectivity index (χ0) is 12.8. The second-order valence-electron chi connectivity index (χ2n) is 3.88. The molecule has 92 valence electrons. The Bertz CT molecular complexity index is 572. The fraction of sp³-hybridized carbons (Fsp3) is 0.273. The van der Waals surface area contributed by atoms with E-state index in [0.29, 0.717) is 11.1 Å². The van der Waals surface area contributed by atoms with Crippen molar-refractivity contribution in [3.63, 3.8) is 0 Å². The molecule has 0 aliphatic rings. The topological polar surface area (TPSA) is 51.2 Å². The predicted octanol–water partition coefficient (Wildman–Crippen LogP) is 2.80. The lowest BCUT2D eigenvalue weighted by molar-refractivity contribution is -0.141. The van der Waals surface area contributed by atoms with Gasteiger partial charge in [-0.1, -0.05) is 12.1 Å². The SMILES string of the molecule is Cc1c2cccc(N)c2c(O)n1CC(F)(F)F. The first kappa shape index (κ1) is 11.6. The van der Waals surface area contributed by atoms with Crippen LogP contribution in [0, 0.1) is 6.92 Å². The summed E-state index contributed by atoms with van der Waals surface area (Å²) in [5, 5.41) is 10.6. The maximum absolute atomic E-state index is 12.4. The maximum atomic E-state index is 12.4. The molecule has 0 bridgehead atoms. The summed E-state index contributed by atoms with van der Waals surface area (Å²) in [5.74, 6) is -0.437. The first-order valence-electron chi connectivity index (χ1n) is 4.94. The molecular formula is C11H11F3N2O. The molecule has 3 nitrogen and oxygen atoms in total. The molecule has 0 saturated heterocycles. The van der Waals surface area contributed by atoms with Crippen molar-refractivity contribution in [3.05, 3.63) is 23.9 Å². The Morgan fingerprint density at radius 2 is 2.00 bits per heavy atom. The van der Waals surface area contributed by atoms with Crippen molar-refractivity contribution in [2.24, 2.45) is 0 Å². The summed E-state index contributed by atoms with van der Waals surface area (Å²) >= 11 is 0. The summed E-state index contributed by atoms with van der Waals surface area (Å²) in [6.45, 7) is 0.298. The highest BCUT2D eigenvalue weighted by atomic mass is 19.4. The number of rotatable bonds is 1. The minimum absolute atomic E-state index is 0.268. The van der Waals surface area contributed by atoms with Crippen LogP contribution in [0.1, 0.15) is 5.69 Å². The lowest BCUT2D eigenvalue weighted by Crippen LogP contribution is -2.18. The highest BCUT2D eigenvalue weighted by Gasteiger charge is 2.31. The number of anilines is 1. The van der Waals surface area contributed by atoms with E-state index in [1.807, 2.05) is 0 Å². The van der Waals surface area contributed by atoms with Crippen LogP contribution in [-0.4, -0.2) is 15.8 Å². The Kier molecular flexibility index (Phi) is 2.45. The van der Waals surface area contributed by atoms with Gasteiger partial charge in [-0.15, -0.1) is 0 Å². The maximum Gasteiger partial charge on any atom is 0.406 e. The molecule has 0 aliphatic heterocycles. The largest absolute Gasteiger partial charge is 0.494 e. The number of alkyl halides is 3. The molecule has 0 atom stereocenters. The van der Waals surface area contributed by atoms with Crippen molar-refractivity contribution < 1.29 is 18.3 Å². The third kappa shape index (κ3) is 1.90. The Labute approximate surface area is 95.3 Å². The van der Waals surface area contributed by atoms with E-state index in [1.165, 1.54) is 6.92 Å². The fourth-order valence-electron chi connectivity index (χ4n) is 1.93. The molecule has 0 amide bonds. The van der Waals surface area contributed by atoms with Crippen molar-refractivity contribution in [3.8, 4) is 5.88 Å². The number of benzene rings is 1. The van der Waals surface area contributed by atoms with Crippen LogP contribution in [0.15, 0.2) is 18.2 Å². The molecule has 0 saturated carbocycles. The third-order valence-corrected chi connectivity index (χ3v) is 2.71. The number of nitrogens with zero attached hydrogens (tertiary/aromatic N) is 1. The summed E-state index contributed by atoms with van der Waals surface area (Å²) in [5.41, 5.74) is 6.27. The zero-order valence-corrected chi connectivity index (χ0v) is 9.04. The number of aryl methyl sites for hydroxylation is 1. The van der Waals surface area contributed by atoms with Crippen LogP contribution in [0.3, 0.4) is 0 Å². The molecular weight excluding hydrogens is 233 g/mol. The van der Waals surface area contributed by atoms with E-state index in [2.05, 4.69) is 0 Å². The van der Waals surface area contributed by atoms with Gasteiger partial charge in [0.2, 0.25) is 5.88 Å². The number of fused-ring (bicyclic) bond motifs is 1. The molecule has 1 aromatic carbocycles. The first-order valence-corrected chi connectivity index (χ1v) is 4.94. The molecule has 17 heavy (non-hydrogen) atoms. The highest BCUT2D eigenvalue weighted by molar-refractivity contribution is 5.99. The minimum Gasteiger partial charge on any atom is -0.494 e. The number of nitrogen functional groups attached to an aromatic ring is 1. The Hall–Kier alpha value is -1.85. The molecule has 0 spiro atoms. The molecule has 0 aliphatic carbocycles. The van der Waals surface area contributed by atoms with E-state index in [1.54, 1.807) is 18.2 Å². The van der Waals surface area contributed by atoms with E-state index in [4.69, 9.17) is 5.73 Å². The molecule has 0 unspecified atom stereocenters. The van der Waals surface area contributed by atoms with Gasteiger partial charge in [0, 0.05) is 16.8 Å². The lowest BCUT2D eigenvalue weighted by Gasteiger charge is -2.10. The lowest BCUT2D eigenvalue weighted by atomic mass is 10.1. The number of aromatic nitrogens is 1. The quantitative estimate of drug-likeness (QED) is 0.758. The smallest absolute Gasteiger partial charge is 0.406 e. The highest BCUT2D eigenvalue weighted by Crippen LogP contribution is 2.36. The molecule has 0 radical (unpaired) electrons. The van der Waals surface area contributed by atoms with E-state index in [9.17, 15) is 18.3 Å². The molecule has 2 aromatic rings. The Morgan fingerprint density at radius 1 is 1.35 bits per heavy atom. The van der Waals surface area contributed by atoms with Gasteiger partial charge in [-0.2, -0.15) is 13.2 Å². The Balaban J connectivity index is 2.69. The second kappa shape index (κ2) is 3.58. The van der Waals surface area contributed by atoms with Gasteiger partial charge in [-0.3, -0.25) is 0 Å². The van der Waals surface area contributed by atoms with Gasteiger partial charge in [-0.25, -0.2) is 0 Å². The minimum atomic E-state index is -4.38. The molecule has 2 rings (SSSR count). The van der Waals surface area contributed by atoms with Crippen LogP contribution >= 0.6 is 0 Å². The van der Waals surface area contributed by atoms with Crippen LogP contribution in [0.5, 0.6) is 5.88 Å². The number of hydrogen-bond donors (Lipinski definition) is 2. The van der Waals surface area contributed by atoms with Gasteiger partial charge in [0.15, 0.2) is 0 Å². The van der Waals surface area contributed by atoms with Crippen molar-refractivity contribution in [2.75, 3.05) is 5.73 Å². The van der Waals surface area contributed by atoms with Gasteiger partial charge in [0.25, 0.3) is 0 Å². The fourth-order valence-corrected chi connectivity index (χ4v) is 1.93. The summed E-state index contributed by atoms with van der Waals surface area (Å²) in [6.07, 6.45) is -4.38. The van der Waals surface area contributed by atoms with Gasteiger partial charge in [0.05, 0.1) is 5.39 Å². The van der Waals surface area contributed by atoms with Gasteiger partial charge >= 0.3 is 6.18 Å². The molecule has 6 heteroatoms. The molecule has 0 fully saturated rings. The van der Waals surface area contributed by atoms with Crippen LogP contribution in [0.2, 0.25) is 0 Å². The zero-order valence-electron chi connectivity index (χ0n) is 9.04. The van der Waals surface area contributed by atoms with Gasteiger partial charge < -0.3 is 15.4 Å².